The van der Waals surface area contributed by atoms with Crippen LogP contribution in [0.25, 0.3) is 11.1 Å². The zero-order valence-corrected chi connectivity index (χ0v) is 10.5. The second-order valence-corrected chi connectivity index (χ2v) is 4.81. The average Bonchev–Trinajstić information content (AvgIpc) is 2.78. The molecule has 0 bridgehead atoms. The van der Waals surface area contributed by atoms with Crippen LogP contribution in [-0.4, -0.2) is 12.4 Å². The Hall–Kier alpha value is -2.16. The van der Waals surface area contributed by atoms with Crippen molar-refractivity contribution in [1.82, 2.24) is 0 Å². The first-order chi connectivity index (χ1) is 9.17. The SMILES string of the molecule is CC1Cc2cc(-c3cc(C=O)ccc3F)ccc2O1. The van der Waals surface area contributed by atoms with Crippen molar-refractivity contribution in [3.05, 3.63) is 53.3 Å². The van der Waals surface area contributed by atoms with Gasteiger partial charge in [0.1, 0.15) is 24.0 Å². The van der Waals surface area contributed by atoms with E-state index in [0.29, 0.717) is 11.1 Å². The number of halogens is 1. The fourth-order valence-corrected chi connectivity index (χ4v) is 2.43. The van der Waals surface area contributed by atoms with Crippen LogP contribution in [0.2, 0.25) is 0 Å². The number of rotatable bonds is 2. The molecule has 1 heterocycles. The summed E-state index contributed by atoms with van der Waals surface area (Å²) in [6, 6.07) is 10.00. The van der Waals surface area contributed by atoms with Crippen molar-refractivity contribution in [2.24, 2.45) is 0 Å². The molecule has 0 spiro atoms. The van der Waals surface area contributed by atoms with Crippen molar-refractivity contribution in [3.63, 3.8) is 0 Å². The standard InChI is InChI=1S/C16H13FO2/c1-10-6-13-8-12(3-5-16(13)19-10)14-7-11(9-18)2-4-15(14)17/h2-5,7-10H,6H2,1H3. The van der Waals surface area contributed by atoms with Crippen molar-refractivity contribution < 1.29 is 13.9 Å². The summed E-state index contributed by atoms with van der Waals surface area (Å²) in [6.07, 6.45) is 1.72. The van der Waals surface area contributed by atoms with Crippen LogP contribution in [0.5, 0.6) is 5.75 Å². The van der Waals surface area contributed by atoms with Crippen LogP contribution in [0.4, 0.5) is 4.39 Å². The van der Waals surface area contributed by atoms with E-state index in [9.17, 15) is 9.18 Å². The number of carbonyl (C=O) groups excluding carboxylic acids is 1. The van der Waals surface area contributed by atoms with Crippen LogP contribution in [-0.2, 0) is 6.42 Å². The number of benzene rings is 2. The molecule has 96 valence electrons. The Labute approximate surface area is 110 Å². The highest BCUT2D eigenvalue weighted by Gasteiger charge is 2.19. The Morgan fingerprint density at radius 1 is 1.26 bits per heavy atom. The number of hydrogen-bond acceptors (Lipinski definition) is 2. The van der Waals surface area contributed by atoms with Crippen LogP contribution in [0.1, 0.15) is 22.8 Å². The summed E-state index contributed by atoms with van der Waals surface area (Å²) in [4.78, 5) is 10.8. The van der Waals surface area contributed by atoms with E-state index >= 15 is 0 Å². The maximum atomic E-state index is 13.9. The summed E-state index contributed by atoms with van der Waals surface area (Å²) >= 11 is 0. The Kier molecular flexibility index (Phi) is 2.82. The van der Waals surface area contributed by atoms with E-state index in [0.717, 1.165) is 29.6 Å². The lowest BCUT2D eigenvalue weighted by Crippen LogP contribution is -2.05. The van der Waals surface area contributed by atoms with Crippen LogP contribution in [0, 0.1) is 5.82 Å². The molecular formula is C16H13FO2. The number of ether oxygens (including phenoxy) is 1. The van der Waals surface area contributed by atoms with Crippen LogP contribution < -0.4 is 4.74 Å². The van der Waals surface area contributed by atoms with Gasteiger partial charge in [-0.15, -0.1) is 0 Å². The first kappa shape index (κ1) is 11.9. The predicted octanol–water partition coefficient (Wildman–Crippen LogP) is 3.63. The zero-order valence-electron chi connectivity index (χ0n) is 10.5. The highest BCUT2D eigenvalue weighted by Crippen LogP contribution is 2.33. The van der Waals surface area contributed by atoms with Gasteiger partial charge < -0.3 is 4.74 Å². The number of fused-ring (bicyclic) bond motifs is 1. The predicted molar refractivity (Wildman–Crippen MR) is 71.0 cm³/mol. The van der Waals surface area contributed by atoms with Gasteiger partial charge in [-0.1, -0.05) is 6.07 Å². The molecule has 1 aliphatic rings. The van der Waals surface area contributed by atoms with E-state index in [1.165, 1.54) is 12.1 Å². The molecule has 3 rings (SSSR count). The van der Waals surface area contributed by atoms with E-state index < -0.39 is 0 Å². The molecule has 19 heavy (non-hydrogen) atoms. The molecule has 2 aromatic carbocycles. The zero-order chi connectivity index (χ0) is 13.4. The Morgan fingerprint density at radius 2 is 2.11 bits per heavy atom. The molecule has 1 unspecified atom stereocenters. The molecule has 1 atom stereocenters. The lowest BCUT2D eigenvalue weighted by molar-refractivity contribution is 0.112. The molecular weight excluding hydrogens is 243 g/mol. The summed E-state index contributed by atoms with van der Waals surface area (Å²) in [5, 5.41) is 0. The van der Waals surface area contributed by atoms with E-state index in [4.69, 9.17) is 4.74 Å². The van der Waals surface area contributed by atoms with Gasteiger partial charge in [0.2, 0.25) is 0 Å². The monoisotopic (exact) mass is 256 g/mol. The normalized spacial score (nSPS) is 16.8. The molecule has 0 fully saturated rings. The summed E-state index contributed by atoms with van der Waals surface area (Å²) < 4.78 is 19.5. The molecule has 0 saturated heterocycles. The summed E-state index contributed by atoms with van der Waals surface area (Å²) in [7, 11) is 0. The quantitative estimate of drug-likeness (QED) is 0.767. The van der Waals surface area contributed by atoms with Gasteiger partial charge >= 0.3 is 0 Å². The molecule has 0 amide bonds. The maximum absolute atomic E-state index is 13.9. The third kappa shape index (κ3) is 2.12. The van der Waals surface area contributed by atoms with Gasteiger partial charge in [0.15, 0.2) is 0 Å². The highest BCUT2D eigenvalue weighted by atomic mass is 19.1. The lowest BCUT2D eigenvalue weighted by atomic mass is 9.99. The van der Waals surface area contributed by atoms with Gasteiger partial charge in [0, 0.05) is 17.5 Å². The molecule has 0 N–H and O–H groups in total. The van der Waals surface area contributed by atoms with Gasteiger partial charge in [-0.25, -0.2) is 4.39 Å². The average molecular weight is 256 g/mol. The van der Waals surface area contributed by atoms with E-state index in [1.54, 1.807) is 6.07 Å². The molecule has 1 aliphatic heterocycles. The van der Waals surface area contributed by atoms with Crippen LogP contribution in [0.15, 0.2) is 36.4 Å². The second kappa shape index (κ2) is 4.50. The third-order valence-electron chi connectivity index (χ3n) is 3.33. The lowest BCUT2D eigenvalue weighted by Gasteiger charge is -2.06. The van der Waals surface area contributed by atoms with Crippen LogP contribution in [0.3, 0.4) is 0 Å². The molecule has 0 saturated carbocycles. The van der Waals surface area contributed by atoms with E-state index in [1.807, 2.05) is 25.1 Å². The minimum Gasteiger partial charge on any atom is -0.490 e. The number of hydrogen-bond donors (Lipinski definition) is 0. The third-order valence-corrected chi connectivity index (χ3v) is 3.33. The molecule has 0 aromatic heterocycles. The summed E-state index contributed by atoms with van der Waals surface area (Å²) in [6.45, 7) is 2.01. The number of aldehydes is 1. The fraction of sp³-hybridized carbons (Fsp3) is 0.188. The summed E-state index contributed by atoms with van der Waals surface area (Å²) in [5.74, 6) is 0.542. The van der Waals surface area contributed by atoms with E-state index in [2.05, 4.69) is 0 Å². The topological polar surface area (TPSA) is 26.3 Å². The molecule has 0 aliphatic carbocycles. The van der Waals surface area contributed by atoms with Crippen molar-refractivity contribution in [2.75, 3.05) is 0 Å². The minimum absolute atomic E-state index is 0.163. The Morgan fingerprint density at radius 3 is 2.89 bits per heavy atom. The minimum atomic E-state index is -0.322. The molecule has 3 heteroatoms. The van der Waals surface area contributed by atoms with Crippen molar-refractivity contribution in [2.45, 2.75) is 19.4 Å². The van der Waals surface area contributed by atoms with Gasteiger partial charge in [0.25, 0.3) is 0 Å². The molecule has 2 aromatic rings. The van der Waals surface area contributed by atoms with Crippen molar-refractivity contribution >= 4 is 6.29 Å². The first-order valence-electron chi connectivity index (χ1n) is 6.22. The Bertz CT molecular complexity index is 649. The second-order valence-electron chi connectivity index (χ2n) is 4.81. The van der Waals surface area contributed by atoms with Gasteiger partial charge in [-0.05, 0) is 48.4 Å². The van der Waals surface area contributed by atoms with Gasteiger partial charge in [0.05, 0.1) is 0 Å². The van der Waals surface area contributed by atoms with Gasteiger partial charge in [-0.2, -0.15) is 0 Å². The van der Waals surface area contributed by atoms with Crippen molar-refractivity contribution in [1.29, 1.82) is 0 Å². The highest BCUT2D eigenvalue weighted by molar-refractivity contribution is 5.79. The van der Waals surface area contributed by atoms with Crippen molar-refractivity contribution in [3.8, 4) is 16.9 Å². The van der Waals surface area contributed by atoms with Gasteiger partial charge in [-0.3, -0.25) is 4.79 Å². The largest absolute Gasteiger partial charge is 0.490 e. The Balaban J connectivity index is 2.08. The molecule has 0 radical (unpaired) electrons. The van der Waals surface area contributed by atoms with Crippen LogP contribution >= 0.6 is 0 Å². The van der Waals surface area contributed by atoms with E-state index in [-0.39, 0.29) is 11.9 Å². The number of carbonyl (C=O) groups is 1. The smallest absolute Gasteiger partial charge is 0.150 e. The first-order valence-corrected chi connectivity index (χ1v) is 6.22. The fourth-order valence-electron chi connectivity index (χ4n) is 2.43. The summed E-state index contributed by atoms with van der Waals surface area (Å²) in [5.41, 5.74) is 2.78. The molecule has 2 nitrogen and oxygen atoms in total. The maximum Gasteiger partial charge on any atom is 0.150 e.